The second kappa shape index (κ2) is 39.2. The SMILES string of the molecule is CCCCC/C=C\C/C=C\CCCCCCCCOCC(COS(C)=O)OCCCCCCCC/C=C\C/C=C\CCCCC. The molecule has 0 saturated heterocycles. The second-order valence-electron chi connectivity index (χ2n) is 12.4. The molecule has 0 radical (unpaired) electrons. The first kappa shape index (κ1) is 44.0. The van der Waals surface area contributed by atoms with Crippen LogP contribution in [0.5, 0.6) is 0 Å². The van der Waals surface area contributed by atoms with Gasteiger partial charge < -0.3 is 9.47 Å². The number of rotatable bonds is 36. The van der Waals surface area contributed by atoms with E-state index in [4.69, 9.17) is 13.7 Å². The third-order valence-electron chi connectivity index (χ3n) is 7.91. The fraction of sp³-hybridized carbons (Fsp3) is 0.800. The molecule has 0 amide bonds. The molecule has 0 bridgehead atoms. The molecule has 0 rings (SSSR count). The van der Waals surface area contributed by atoms with E-state index in [-0.39, 0.29) is 6.10 Å². The van der Waals surface area contributed by atoms with E-state index in [0.717, 1.165) is 32.3 Å². The van der Waals surface area contributed by atoms with Gasteiger partial charge in [0.2, 0.25) is 0 Å². The highest BCUT2D eigenvalue weighted by molar-refractivity contribution is 7.79. The first-order valence-corrected chi connectivity index (χ1v) is 20.4. The van der Waals surface area contributed by atoms with Crippen LogP contribution in [-0.2, 0) is 24.7 Å². The van der Waals surface area contributed by atoms with E-state index in [1.165, 1.54) is 128 Å². The summed E-state index contributed by atoms with van der Waals surface area (Å²) in [5, 5.41) is 0. The van der Waals surface area contributed by atoms with Gasteiger partial charge in [-0.25, -0.2) is 4.21 Å². The molecule has 0 fully saturated rings. The average Bonchev–Trinajstić information content (AvgIpc) is 3.04. The molecule has 0 N–H and O–H groups in total. The van der Waals surface area contributed by atoms with Crippen molar-refractivity contribution in [2.75, 3.05) is 32.7 Å². The lowest BCUT2D eigenvalue weighted by molar-refractivity contribution is -0.0368. The van der Waals surface area contributed by atoms with Gasteiger partial charge in [0.25, 0.3) is 0 Å². The lowest BCUT2D eigenvalue weighted by atomic mass is 10.1. The molecule has 0 aromatic rings. The molecule has 264 valence electrons. The van der Waals surface area contributed by atoms with Crippen molar-refractivity contribution in [3.05, 3.63) is 48.6 Å². The molecule has 45 heavy (non-hydrogen) atoms. The van der Waals surface area contributed by atoms with E-state index in [9.17, 15) is 4.21 Å². The maximum absolute atomic E-state index is 11.4. The standard InChI is InChI=1S/C40H74O4S/c1-4-6-8-10-12-14-16-18-20-22-24-26-28-30-32-34-36-42-38-40(39-44-45(3)41)43-37-35-33-31-29-27-25-23-21-19-17-15-13-11-9-7-5-2/h12-15,18-21,40H,4-11,16-17,22-39H2,1-3H3/b14-12-,15-13-,20-18-,21-19-. The smallest absolute Gasteiger partial charge is 0.152 e. The van der Waals surface area contributed by atoms with Crippen molar-refractivity contribution in [3.8, 4) is 0 Å². The lowest BCUT2D eigenvalue weighted by Crippen LogP contribution is -2.27. The molecule has 5 heteroatoms. The van der Waals surface area contributed by atoms with E-state index in [1.54, 1.807) is 6.26 Å². The van der Waals surface area contributed by atoms with Crippen molar-refractivity contribution >= 4 is 11.1 Å². The maximum Gasteiger partial charge on any atom is 0.152 e. The molecule has 0 saturated carbocycles. The van der Waals surface area contributed by atoms with Gasteiger partial charge in [-0.15, -0.1) is 0 Å². The minimum Gasteiger partial charge on any atom is -0.379 e. The highest BCUT2D eigenvalue weighted by atomic mass is 32.2. The molecule has 0 aromatic carbocycles. The third-order valence-corrected chi connectivity index (χ3v) is 8.38. The zero-order chi connectivity index (χ0) is 32.7. The van der Waals surface area contributed by atoms with Crippen molar-refractivity contribution in [2.45, 2.75) is 174 Å². The van der Waals surface area contributed by atoms with Gasteiger partial charge in [-0.2, -0.15) is 0 Å². The highest BCUT2D eigenvalue weighted by Crippen LogP contribution is 2.11. The maximum atomic E-state index is 11.4. The van der Waals surface area contributed by atoms with Crippen LogP contribution in [0.2, 0.25) is 0 Å². The van der Waals surface area contributed by atoms with Gasteiger partial charge in [-0.3, -0.25) is 4.18 Å². The molecule has 2 atom stereocenters. The molecular formula is C40H74O4S. The summed E-state index contributed by atoms with van der Waals surface area (Å²) in [6, 6.07) is 0. The molecule has 0 aliphatic heterocycles. The van der Waals surface area contributed by atoms with E-state index in [0.29, 0.717) is 19.8 Å². The van der Waals surface area contributed by atoms with Crippen LogP contribution < -0.4 is 0 Å². The number of hydrogen-bond donors (Lipinski definition) is 0. The molecule has 4 nitrogen and oxygen atoms in total. The lowest BCUT2D eigenvalue weighted by Gasteiger charge is -2.17. The van der Waals surface area contributed by atoms with E-state index < -0.39 is 11.1 Å². The van der Waals surface area contributed by atoms with Gasteiger partial charge >= 0.3 is 0 Å². The molecular weight excluding hydrogens is 577 g/mol. The Hall–Kier alpha value is -1.01. The Morgan fingerprint density at radius 3 is 1.33 bits per heavy atom. The number of unbranched alkanes of at least 4 members (excludes halogenated alkanes) is 18. The Morgan fingerprint density at radius 1 is 0.489 bits per heavy atom. The fourth-order valence-electron chi connectivity index (χ4n) is 5.06. The van der Waals surface area contributed by atoms with Gasteiger partial charge in [-0.05, 0) is 77.0 Å². The van der Waals surface area contributed by atoms with Crippen LogP contribution in [0, 0.1) is 0 Å². The Balaban J connectivity index is 3.66. The molecule has 0 aliphatic carbocycles. The normalized spacial score (nSPS) is 13.8. The molecule has 2 unspecified atom stereocenters. The van der Waals surface area contributed by atoms with Gasteiger partial charge in [0.1, 0.15) is 6.10 Å². The molecule has 0 aromatic heterocycles. The topological polar surface area (TPSA) is 44.8 Å². The zero-order valence-corrected chi connectivity index (χ0v) is 30.9. The predicted molar refractivity (Wildman–Crippen MR) is 199 cm³/mol. The Labute approximate surface area is 283 Å². The van der Waals surface area contributed by atoms with E-state index >= 15 is 0 Å². The number of ether oxygens (including phenoxy) is 2. The van der Waals surface area contributed by atoms with Crippen molar-refractivity contribution in [1.29, 1.82) is 0 Å². The minimum atomic E-state index is -1.28. The Morgan fingerprint density at radius 2 is 0.889 bits per heavy atom. The molecule has 0 aliphatic rings. The summed E-state index contributed by atoms with van der Waals surface area (Å²) in [4.78, 5) is 0. The van der Waals surface area contributed by atoms with Crippen LogP contribution in [-0.4, -0.2) is 43.0 Å². The first-order valence-electron chi connectivity index (χ1n) is 19.0. The summed E-state index contributed by atoms with van der Waals surface area (Å²) in [7, 11) is 0. The Bertz CT molecular complexity index is 715. The summed E-state index contributed by atoms with van der Waals surface area (Å²) in [6.07, 6.45) is 49.8. The predicted octanol–water partition coefficient (Wildman–Crippen LogP) is 12.3. The second-order valence-corrected chi connectivity index (χ2v) is 13.5. The van der Waals surface area contributed by atoms with Crippen LogP contribution in [0.3, 0.4) is 0 Å². The van der Waals surface area contributed by atoms with Gasteiger partial charge in [0, 0.05) is 19.5 Å². The third kappa shape index (κ3) is 39.1. The van der Waals surface area contributed by atoms with Gasteiger partial charge in [-0.1, -0.05) is 140 Å². The van der Waals surface area contributed by atoms with Crippen molar-refractivity contribution < 1.29 is 17.9 Å². The number of allylic oxidation sites excluding steroid dienone is 8. The van der Waals surface area contributed by atoms with E-state index in [2.05, 4.69) is 62.5 Å². The van der Waals surface area contributed by atoms with Crippen molar-refractivity contribution in [1.82, 2.24) is 0 Å². The summed E-state index contributed by atoms with van der Waals surface area (Å²) in [6.45, 7) is 6.83. The highest BCUT2D eigenvalue weighted by Gasteiger charge is 2.11. The monoisotopic (exact) mass is 651 g/mol. The van der Waals surface area contributed by atoms with Crippen LogP contribution in [0.4, 0.5) is 0 Å². The summed E-state index contributed by atoms with van der Waals surface area (Å²) >= 11 is -1.28. The Kier molecular flexibility index (Phi) is 38.3. The zero-order valence-electron chi connectivity index (χ0n) is 30.0. The van der Waals surface area contributed by atoms with Crippen molar-refractivity contribution in [3.63, 3.8) is 0 Å². The quantitative estimate of drug-likeness (QED) is 0.0500. The minimum absolute atomic E-state index is 0.142. The average molecular weight is 651 g/mol. The van der Waals surface area contributed by atoms with E-state index in [1.807, 2.05) is 0 Å². The van der Waals surface area contributed by atoms with Crippen LogP contribution in [0.25, 0.3) is 0 Å². The van der Waals surface area contributed by atoms with Gasteiger partial charge in [0.05, 0.1) is 13.2 Å². The first-order chi connectivity index (χ1) is 22.2. The van der Waals surface area contributed by atoms with Crippen LogP contribution in [0.15, 0.2) is 48.6 Å². The van der Waals surface area contributed by atoms with Gasteiger partial charge in [0.15, 0.2) is 11.1 Å². The fourth-order valence-corrected chi connectivity index (χ4v) is 5.41. The van der Waals surface area contributed by atoms with Crippen LogP contribution in [0.1, 0.15) is 168 Å². The summed E-state index contributed by atoms with van der Waals surface area (Å²) in [5.41, 5.74) is 0. The van der Waals surface area contributed by atoms with Crippen molar-refractivity contribution in [2.24, 2.45) is 0 Å². The molecule has 0 heterocycles. The molecule has 0 spiro atoms. The number of hydrogen-bond acceptors (Lipinski definition) is 4. The van der Waals surface area contributed by atoms with Crippen LogP contribution >= 0.6 is 0 Å². The summed E-state index contributed by atoms with van der Waals surface area (Å²) < 4.78 is 28.7. The summed E-state index contributed by atoms with van der Waals surface area (Å²) in [5.74, 6) is 0. The largest absolute Gasteiger partial charge is 0.379 e.